The molecule has 0 saturated heterocycles. The molecule has 0 aliphatic heterocycles. The van der Waals surface area contributed by atoms with Gasteiger partial charge < -0.3 is 0 Å². The van der Waals surface area contributed by atoms with Crippen LogP contribution < -0.4 is 11.3 Å². The SMILES string of the molecule is CCCCC(CC)C(Cc1ccn(C2CCCC2)n1)NN. The summed E-state index contributed by atoms with van der Waals surface area (Å²) >= 11 is 0. The minimum Gasteiger partial charge on any atom is -0.271 e. The zero-order chi connectivity index (χ0) is 15.1. The third-order valence-corrected chi connectivity index (χ3v) is 5.03. The summed E-state index contributed by atoms with van der Waals surface area (Å²) in [5.74, 6) is 6.46. The molecule has 2 rings (SSSR count). The maximum absolute atomic E-state index is 5.81. The summed E-state index contributed by atoms with van der Waals surface area (Å²) < 4.78 is 2.18. The number of hydrazine groups is 1. The molecule has 21 heavy (non-hydrogen) atoms. The quantitative estimate of drug-likeness (QED) is 0.540. The highest BCUT2D eigenvalue weighted by Gasteiger charge is 2.21. The van der Waals surface area contributed by atoms with Gasteiger partial charge in [-0.25, -0.2) is 0 Å². The van der Waals surface area contributed by atoms with Crippen molar-refractivity contribution in [1.82, 2.24) is 15.2 Å². The Morgan fingerprint density at radius 1 is 1.38 bits per heavy atom. The Labute approximate surface area is 129 Å². The molecule has 1 aliphatic carbocycles. The summed E-state index contributed by atoms with van der Waals surface area (Å²) in [4.78, 5) is 0. The summed E-state index contributed by atoms with van der Waals surface area (Å²) in [6, 6.07) is 3.15. The highest BCUT2D eigenvalue weighted by Crippen LogP contribution is 2.29. The van der Waals surface area contributed by atoms with E-state index in [1.54, 1.807) is 0 Å². The fraction of sp³-hybridized carbons (Fsp3) is 0.824. The molecule has 1 saturated carbocycles. The number of aromatic nitrogens is 2. The minimum atomic E-state index is 0.341. The van der Waals surface area contributed by atoms with Crippen LogP contribution in [0.2, 0.25) is 0 Å². The third kappa shape index (κ3) is 4.55. The van der Waals surface area contributed by atoms with Crippen LogP contribution in [0.1, 0.15) is 76.9 Å². The van der Waals surface area contributed by atoms with Crippen molar-refractivity contribution in [2.45, 2.75) is 83.7 Å². The van der Waals surface area contributed by atoms with Crippen LogP contribution >= 0.6 is 0 Å². The lowest BCUT2D eigenvalue weighted by Crippen LogP contribution is -2.42. The molecule has 1 aliphatic rings. The van der Waals surface area contributed by atoms with Gasteiger partial charge in [-0.15, -0.1) is 0 Å². The lowest BCUT2D eigenvalue weighted by atomic mass is 9.89. The Kier molecular flexibility index (Phi) is 6.71. The molecule has 2 unspecified atom stereocenters. The number of nitrogens with two attached hydrogens (primary N) is 1. The van der Waals surface area contributed by atoms with E-state index in [0.29, 0.717) is 18.0 Å². The first kappa shape index (κ1) is 16.5. The van der Waals surface area contributed by atoms with Gasteiger partial charge in [0.25, 0.3) is 0 Å². The molecule has 4 heteroatoms. The molecule has 0 radical (unpaired) electrons. The maximum Gasteiger partial charge on any atom is 0.0640 e. The second-order valence-corrected chi connectivity index (χ2v) is 6.51. The standard InChI is InChI=1S/C17H32N4/c1-3-5-8-14(4-2)17(19-18)13-15-11-12-21(20-15)16-9-6-7-10-16/h11-12,14,16-17,19H,3-10,13,18H2,1-2H3. The van der Waals surface area contributed by atoms with Crippen molar-refractivity contribution >= 4 is 0 Å². The van der Waals surface area contributed by atoms with Crippen molar-refractivity contribution in [2.75, 3.05) is 0 Å². The highest BCUT2D eigenvalue weighted by atomic mass is 15.3. The molecular formula is C17H32N4. The van der Waals surface area contributed by atoms with E-state index < -0.39 is 0 Å². The molecular weight excluding hydrogens is 260 g/mol. The molecule has 1 fully saturated rings. The number of unbranched alkanes of at least 4 members (excludes halogenated alkanes) is 1. The lowest BCUT2D eigenvalue weighted by Gasteiger charge is -2.25. The van der Waals surface area contributed by atoms with E-state index in [9.17, 15) is 0 Å². The monoisotopic (exact) mass is 292 g/mol. The van der Waals surface area contributed by atoms with Crippen LogP contribution in [0.4, 0.5) is 0 Å². The van der Waals surface area contributed by atoms with Crippen LogP contribution in [0.15, 0.2) is 12.3 Å². The first-order valence-corrected chi connectivity index (χ1v) is 8.78. The Balaban J connectivity index is 1.93. The average Bonchev–Trinajstić information content (AvgIpc) is 3.17. The van der Waals surface area contributed by atoms with Crippen LogP contribution in [-0.4, -0.2) is 15.8 Å². The highest BCUT2D eigenvalue weighted by molar-refractivity contribution is 5.03. The Hall–Kier alpha value is -0.870. The van der Waals surface area contributed by atoms with E-state index in [2.05, 4.69) is 36.2 Å². The average molecular weight is 292 g/mol. The van der Waals surface area contributed by atoms with E-state index in [0.717, 1.165) is 6.42 Å². The molecule has 0 aromatic carbocycles. The lowest BCUT2D eigenvalue weighted by molar-refractivity contribution is 0.315. The molecule has 0 amide bonds. The molecule has 4 nitrogen and oxygen atoms in total. The van der Waals surface area contributed by atoms with E-state index in [4.69, 9.17) is 10.9 Å². The molecule has 1 heterocycles. The maximum atomic E-state index is 5.81. The normalized spacial score (nSPS) is 19.0. The van der Waals surface area contributed by atoms with Crippen molar-refractivity contribution in [3.05, 3.63) is 18.0 Å². The fourth-order valence-corrected chi connectivity index (χ4v) is 3.60. The molecule has 1 aromatic rings. The van der Waals surface area contributed by atoms with Crippen LogP contribution in [0.25, 0.3) is 0 Å². The van der Waals surface area contributed by atoms with Crippen LogP contribution in [-0.2, 0) is 6.42 Å². The van der Waals surface area contributed by atoms with E-state index in [1.807, 2.05) is 0 Å². The van der Waals surface area contributed by atoms with E-state index >= 15 is 0 Å². The van der Waals surface area contributed by atoms with Crippen molar-refractivity contribution in [1.29, 1.82) is 0 Å². The largest absolute Gasteiger partial charge is 0.271 e. The van der Waals surface area contributed by atoms with Crippen molar-refractivity contribution in [2.24, 2.45) is 11.8 Å². The second-order valence-electron chi connectivity index (χ2n) is 6.51. The molecule has 1 aromatic heterocycles. The number of nitrogens with zero attached hydrogens (tertiary/aromatic N) is 2. The summed E-state index contributed by atoms with van der Waals surface area (Å²) in [6.07, 6.45) is 13.3. The Morgan fingerprint density at radius 2 is 2.14 bits per heavy atom. The van der Waals surface area contributed by atoms with Gasteiger partial charge in [0.05, 0.1) is 11.7 Å². The van der Waals surface area contributed by atoms with Crippen molar-refractivity contribution in [3.8, 4) is 0 Å². The van der Waals surface area contributed by atoms with Gasteiger partial charge >= 0.3 is 0 Å². The predicted octanol–water partition coefficient (Wildman–Crippen LogP) is 3.59. The zero-order valence-electron chi connectivity index (χ0n) is 13.7. The molecule has 3 N–H and O–H groups in total. The molecule has 2 atom stereocenters. The summed E-state index contributed by atoms with van der Waals surface area (Å²) in [5.41, 5.74) is 4.22. The van der Waals surface area contributed by atoms with Gasteiger partial charge in [0.1, 0.15) is 0 Å². The predicted molar refractivity (Wildman–Crippen MR) is 87.9 cm³/mol. The van der Waals surface area contributed by atoms with Crippen LogP contribution in [0.5, 0.6) is 0 Å². The van der Waals surface area contributed by atoms with Gasteiger partial charge in [-0.05, 0) is 31.2 Å². The fourth-order valence-electron chi connectivity index (χ4n) is 3.60. The first-order valence-electron chi connectivity index (χ1n) is 8.78. The van der Waals surface area contributed by atoms with Gasteiger partial charge in [0.15, 0.2) is 0 Å². The minimum absolute atomic E-state index is 0.341. The molecule has 120 valence electrons. The summed E-state index contributed by atoms with van der Waals surface area (Å²) in [6.45, 7) is 4.52. The van der Waals surface area contributed by atoms with Gasteiger partial charge in [-0.2, -0.15) is 5.10 Å². The zero-order valence-corrected chi connectivity index (χ0v) is 13.7. The van der Waals surface area contributed by atoms with Crippen molar-refractivity contribution in [3.63, 3.8) is 0 Å². The van der Waals surface area contributed by atoms with Crippen LogP contribution in [0, 0.1) is 5.92 Å². The first-order chi connectivity index (χ1) is 10.3. The number of nitrogens with one attached hydrogen (secondary N) is 1. The van der Waals surface area contributed by atoms with E-state index in [1.165, 1.54) is 57.1 Å². The Bertz CT molecular complexity index is 395. The molecule has 0 spiro atoms. The Morgan fingerprint density at radius 3 is 2.76 bits per heavy atom. The number of hydrogen-bond donors (Lipinski definition) is 2. The van der Waals surface area contributed by atoms with Gasteiger partial charge in [0, 0.05) is 18.7 Å². The summed E-state index contributed by atoms with van der Waals surface area (Å²) in [5, 5.41) is 4.80. The van der Waals surface area contributed by atoms with Gasteiger partial charge in [-0.1, -0.05) is 46.0 Å². The number of rotatable bonds is 9. The van der Waals surface area contributed by atoms with Crippen LogP contribution in [0.3, 0.4) is 0 Å². The third-order valence-electron chi connectivity index (χ3n) is 5.03. The van der Waals surface area contributed by atoms with Gasteiger partial charge in [0.2, 0.25) is 0 Å². The second kappa shape index (κ2) is 8.54. The topological polar surface area (TPSA) is 55.9 Å². The smallest absolute Gasteiger partial charge is 0.0640 e. The van der Waals surface area contributed by atoms with Gasteiger partial charge in [-0.3, -0.25) is 16.0 Å². The number of hydrogen-bond acceptors (Lipinski definition) is 3. The van der Waals surface area contributed by atoms with E-state index in [-0.39, 0.29) is 0 Å². The van der Waals surface area contributed by atoms with Crippen molar-refractivity contribution < 1.29 is 0 Å². The molecule has 0 bridgehead atoms. The summed E-state index contributed by atoms with van der Waals surface area (Å²) in [7, 11) is 0.